The van der Waals surface area contributed by atoms with Gasteiger partial charge in [-0.15, -0.1) is 0 Å². The molecule has 2 saturated heterocycles. The summed E-state index contributed by atoms with van der Waals surface area (Å²) in [6, 6.07) is 10.7. The van der Waals surface area contributed by atoms with Crippen molar-refractivity contribution < 1.29 is 46.6 Å². The van der Waals surface area contributed by atoms with Crippen LogP contribution in [0.25, 0.3) is 0 Å². The van der Waals surface area contributed by atoms with E-state index in [0.29, 0.717) is 17.9 Å². The van der Waals surface area contributed by atoms with Crippen LogP contribution in [0.15, 0.2) is 54.7 Å². The average Bonchev–Trinajstić information content (AvgIpc) is 3.47. The molecule has 0 spiro atoms. The number of amides is 5. The van der Waals surface area contributed by atoms with Crippen LogP contribution in [0.3, 0.4) is 0 Å². The van der Waals surface area contributed by atoms with Gasteiger partial charge in [0.2, 0.25) is 11.8 Å². The zero-order valence-corrected chi connectivity index (χ0v) is 34.5. The van der Waals surface area contributed by atoms with Gasteiger partial charge in [-0.2, -0.15) is 18.4 Å². The maximum Gasteiger partial charge on any atom is 0.417 e. The van der Waals surface area contributed by atoms with Gasteiger partial charge in [0.05, 0.1) is 46.5 Å². The Hall–Kier alpha value is -6.02. The van der Waals surface area contributed by atoms with Crippen molar-refractivity contribution >= 4 is 35.4 Å². The molecule has 7 rings (SSSR count). The summed E-state index contributed by atoms with van der Waals surface area (Å²) in [4.78, 5) is 77.7. The van der Waals surface area contributed by atoms with Crippen molar-refractivity contribution in [2.75, 3.05) is 44.2 Å². The highest BCUT2D eigenvalue weighted by atomic mass is 19.4. The minimum Gasteiger partial charge on any atom is -0.494 e. The molecule has 1 atom stereocenters. The number of anilines is 1. The average molecular weight is 844 g/mol. The number of aromatic nitrogens is 1. The minimum atomic E-state index is -4.79. The third-order valence-corrected chi connectivity index (χ3v) is 12.4. The highest BCUT2D eigenvalue weighted by Crippen LogP contribution is 2.59. The summed E-state index contributed by atoms with van der Waals surface area (Å²) < 4.78 is 53.2. The fourth-order valence-corrected chi connectivity index (χ4v) is 9.78. The Morgan fingerprint density at radius 1 is 0.885 bits per heavy atom. The first kappa shape index (κ1) is 43.1. The molecule has 0 radical (unpaired) electrons. The van der Waals surface area contributed by atoms with Crippen LogP contribution in [0, 0.1) is 22.2 Å². The fourth-order valence-electron chi connectivity index (χ4n) is 9.78. The monoisotopic (exact) mass is 843 g/mol. The van der Waals surface area contributed by atoms with Gasteiger partial charge < -0.3 is 20.1 Å². The van der Waals surface area contributed by atoms with Gasteiger partial charge in [0.25, 0.3) is 17.7 Å². The molecule has 3 aliphatic heterocycles. The standard InChI is InChI=1S/C44H48F3N7O7/c1-42(2)40(43(3,4)41(42)61-29-10-8-26(24-48)32(23-29)44(45,46)47)54-35(55)15-13-33(39(54)59)53-37(57)30-12-11-28(22-31(30)38(53)58)60-21-7-5-6-16-51-17-19-52(20-18-51)34-14-9-27(25-50-34)36(49)56/h8-12,14,22-23,25,33,40-41H,5-7,13,15-21H2,1-4H3,(H2,49,56). The number of nitriles is 1. The Balaban J connectivity index is 0.920. The van der Waals surface area contributed by atoms with Crippen molar-refractivity contribution in [3.63, 3.8) is 0 Å². The second-order valence-electron chi connectivity index (χ2n) is 17.2. The molecule has 1 unspecified atom stereocenters. The number of ether oxygens (including phenoxy) is 2. The predicted molar refractivity (Wildman–Crippen MR) is 214 cm³/mol. The van der Waals surface area contributed by atoms with Crippen LogP contribution < -0.4 is 20.1 Å². The third-order valence-electron chi connectivity index (χ3n) is 12.4. The van der Waals surface area contributed by atoms with Crippen LogP contribution in [-0.4, -0.2) is 107 Å². The lowest BCUT2D eigenvalue weighted by Crippen LogP contribution is -2.77. The quantitative estimate of drug-likeness (QED) is 0.171. The van der Waals surface area contributed by atoms with E-state index in [-0.39, 0.29) is 29.7 Å². The SMILES string of the molecule is CC1(C)C(Oc2ccc(C#N)c(C(F)(F)F)c2)C(C)(C)C1N1C(=O)CCC(N2C(=O)c3ccc(OCCCCCN4CCN(c5ccc(C(N)=O)cn5)CC4)cc3C2=O)C1=O. The zero-order chi connectivity index (χ0) is 44.0. The number of fused-ring (bicyclic) bond motifs is 1. The largest absolute Gasteiger partial charge is 0.494 e. The second-order valence-corrected chi connectivity index (χ2v) is 17.2. The third kappa shape index (κ3) is 8.13. The summed E-state index contributed by atoms with van der Waals surface area (Å²) in [5.41, 5.74) is 2.32. The number of unbranched alkanes of at least 4 members (excludes halogenated alkanes) is 2. The minimum absolute atomic E-state index is 0.0545. The first-order chi connectivity index (χ1) is 28.8. The topological polar surface area (TPSA) is 179 Å². The first-order valence-electron chi connectivity index (χ1n) is 20.4. The number of rotatable bonds is 13. The van der Waals surface area contributed by atoms with E-state index >= 15 is 0 Å². The molecule has 4 aliphatic rings. The number of carbonyl (C=O) groups is 5. The number of nitrogens with two attached hydrogens (primary N) is 1. The van der Waals surface area contributed by atoms with Crippen LogP contribution >= 0.6 is 0 Å². The van der Waals surface area contributed by atoms with E-state index in [9.17, 15) is 42.4 Å². The summed E-state index contributed by atoms with van der Waals surface area (Å²) in [5, 5.41) is 9.21. The molecule has 1 saturated carbocycles. The number of pyridine rings is 1. The van der Waals surface area contributed by atoms with Crippen molar-refractivity contribution in [3.05, 3.63) is 82.5 Å². The van der Waals surface area contributed by atoms with Gasteiger partial charge in [-0.1, -0.05) is 27.7 Å². The molecule has 14 nitrogen and oxygen atoms in total. The molecule has 3 fully saturated rings. The zero-order valence-electron chi connectivity index (χ0n) is 34.5. The van der Waals surface area contributed by atoms with E-state index in [2.05, 4.69) is 14.8 Å². The van der Waals surface area contributed by atoms with Gasteiger partial charge in [-0.3, -0.25) is 38.7 Å². The molecule has 1 aromatic heterocycles. The molecule has 0 bridgehead atoms. The number of hydrogen-bond acceptors (Lipinski definition) is 11. The van der Waals surface area contributed by atoms with Crippen molar-refractivity contribution in [1.29, 1.82) is 5.26 Å². The summed E-state index contributed by atoms with van der Waals surface area (Å²) in [6.07, 6.45) is -1.56. The van der Waals surface area contributed by atoms with Gasteiger partial charge in [0.1, 0.15) is 29.5 Å². The van der Waals surface area contributed by atoms with Crippen LogP contribution in [0.4, 0.5) is 19.0 Å². The number of primary amides is 1. The Labute approximate surface area is 351 Å². The molecule has 5 amide bonds. The molecule has 4 heterocycles. The lowest BCUT2D eigenvalue weighted by atomic mass is 9.48. The number of imide groups is 2. The number of likely N-dealkylation sites (tertiary alicyclic amines) is 1. The van der Waals surface area contributed by atoms with Gasteiger partial charge in [-0.25, -0.2) is 4.98 Å². The fraction of sp³-hybridized carbons (Fsp3) is 0.477. The highest BCUT2D eigenvalue weighted by Gasteiger charge is 2.68. The van der Waals surface area contributed by atoms with Crippen LogP contribution in [0.2, 0.25) is 0 Å². The number of alkyl halides is 3. The molecule has 3 aromatic rings. The van der Waals surface area contributed by atoms with E-state index in [0.717, 1.165) is 79.7 Å². The number of benzene rings is 2. The van der Waals surface area contributed by atoms with E-state index in [1.54, 1.807) is 45.9 Å². The predicted octanol–water partition coefficient (Wildman–Crippen LogP) is 5.44. The van der Waals surface area contributed by atoms with E-state index in [4.69, 9.17) is 15.2 Å². The Bertz CT molecular complexity index is 2270. The molecule has 322 valence electrons. The molecule has 17 heteroatoms. The highest BCUT2D eigenvalue weighted by molar-refractivity contribution is 6.23. The Morgan fingerprint density at radius 2 is 1.57 bits per heavy atom. The van der Waals surface area contributed by atoms with E-state index in [1.807, 2.05) is 6.07 Å². The molecule has 2 N–H and O–H groups in total. The van der Waals surface area contributed by atoms with Gasteiger partial charge in [-0.05, 0) is 80.8 Å². The maximum atomic E-state index is 14.3. The lowest BCUT2D eigenvalue weighted by molar-refractivity contribution is -0.216. The van der Waals surface area contributed by atoms with Crippen LogP contribution in [0.1, 0.15) is 102 Å². The van der Waals surface area contributed by atoms with E-state index < -0.39 is 75.9 Å². The van der Waals surface area contributed by atoms with Crippen molar-refractivity contribution in [3.8, 4) is 17.6 Å². The van der Waals surface area contributed by atoms with Crippen LogP contribution in [-0.2, 0) is 15.8 Å². The molecule has 61 heavy (non-hydrogen) atoms. The van der Waals surface area contributed by atoms with Crippen LogP contribution in [0.5, 0.6) is 11.5 Å². The number of nitrogens with zero attached hydrogens (tertiary/aromatic N) is 6. The molecule has 1 aliphatic carbocycles. The van der Waals surface area contributed by atoms with Crippen molar-refractivity contribution in [1.82, 2.24) is 19.7 Å². The summed E-state index contributed by atoms with van der Waals surface area (Å²) in [7, 11) is 0. The maximum absolute atomic E-state index is 14.3. The smallest absolute Gasteiger partial charge is 0.417 e. The van der Waals surface area contributed by atoms with E-state index in [1.165, 1.54) is 24.4 Å². The number of piperidine rings is 1. The molecular formula is C44H48F3N7O7. The first-order valence-corrected chi connectivity index (χ1v) is 20.4. The Morgan fingerprint density at radius 3 is 2.21 bits per heavy atom. The number of halogens is 3. The van der Waals surface area contributed by atoms with Gasteiger partial charge >= 0.3 is 6.18 Å². The molecule has 2 aromatic carbocycles. The van der Waals surface area contributed by atoms with Gasteiger partial charge in [0.15, 0.2) is 0 Å². The summed E-state index contributed by atoms with van der Waals surface area (Å²) in [5.74, 6) is -1.89. The number of piperazine rings is 1. The number of carbonyl (C=O) groups excluding carboxylic acids is 5. The lowest BCUT2D eigenvalue weighted by Gasteiger charge is -2.65. The Kier molecular flexibility index (Phi) is 11.6. The second kappa shape index (κ2) is 16.4. The molecular weight excluding hydrogens is 796 g/mol. The number of hydrogen-bond donors (Lipinski definition) is 1. The summed E-state index contributed by atoms with van der Waals surface area (Å²) >= 11 is 0. The van der Waals surface area contributed by atoms with Gasteiger partial charge in [0, 0.05) is 49.6 Å². The summed E-state index contributed by atoms with van der Waals surface area (Å²) in [6.45, 7) is 11.7. The van der Waals surface area contributed by atoms with Crippen molar-refractivity contribution in [2.45, 2.75) is 84.2 Å². The van der Waals surface area contributed by atoms with Crippen molar-refractivity contribution in [2.24, 2.45) is 16.6 Å². The normalized spacial score (nSPS) is 22.5.